The van der Waals surface area contributed by atoms with Crippen molar-refractivity contribution in [2.75, 3.05) is 0 Å². The van der Waals surface area contributed by atoms with Crippen molar-refractivity contribution in [2.45, 2.75) is 31.3 Å². The van der Waals surface area contributed by atoms with Crippen LogP contribution < -0.4 is 0 Å². The molecule has 0 bridgehead atoms. The number of aliphatic hydroxyl groups is 1. The smallest absolute Gasteiger partial charge is 0.120 e. The average Bonchev–Trinajstić information content (AvgIpc) is 2.83. The zero-order chi connectivity index (χ0) is 10.2. The van der Waals surface area contributed by atoms with E-state index in [1.807, 2.05) is 6.07 Å². The highest BCUT2D eigenvalue weighted by atomic mass is 35.5. The van der Waals surface area contributed by atoms with Crippen molar-refractivity contribution >= 4 is 11.6 Å². The second-order valence-corrected chi connectivity index (χ2v) is 4.43. The molecular formula is C11H13ClO2. The van der Waals surface area contributed by atoms with Crippen molar-refractivity contribution in [1.29, 1.82) is 0 Å². The van der Waals surface area contributed by atoms with E-state index in [-0.39, 0.29) is 5.75 Å². The summed E-state index contributed by atoms with van der Waals surface area (Å²) in [5.74, 6) is 0.224. The summed E-state index contributed by atoms with van der Waals surface area (Å²) in [4.78, 5) is 0. The number of aryl methyl sites for hydroxylation is 1. The molecule has 0 amide bonds. The van der Waals surface area contributed by atoms with Gasteiger partial charge in [0.15, 0.2) is 0 Å². The first-order chi connectivity index (χ1) is 6.59. The largest absolute Gasteiger partial charge is 0.508 e. The molecular weight excluding hydrogens is 200 g/mol. The van der Waals surface area contributed by atoms with Crippen LogP contribution in [0.3, 0.4) is 0 Å². The summed E-state index contributed by atoms with van der Waals surface area (Å²) in [5, 5.41) is 19.7. The van der Waals surface area contributed by atoms with Crippen molar-refractivity contribution in [3.63, 3.8) is 0 Å². The molecule has 1 fully saturated rings. The molecule has 0 saturated heterocycles. The van der Waals surface area contributed by atoms with Gasteiger partial charge in [0.1, 0.15) is 5.75 Å². The molecule has 2 rings (SSSR count). The molecule has 2 nitrogen and oxygen atoms in total. The number of phenolic OH excluding ortho intramolecular Hbond substituents is 1. The molecule has 0 aromatic heterocycles. The van der Waals surface area contributed by atoms with Crippen LogP contribution in [0.15, 0.2) is 18.2 Å². The van der Waals surface area contributed by atoms with Crippen molar-refractivity contribution in [2.24, 2.45) is 0 Å². The lowest BCUT2D eigenvalue weighted by molar-refractivity contribution is 0.140. The fraction of sp³-hybridized carbons (Fsp3) is 0.455. The summed E-state index contributed by atoms with van der Waals surface area (Å²) in [6, 6.07) is 5.10. The number of benzene rings is 1. The Kier molecular flexibility index (Phi) is 2.41. The second-order valence-electron chi connectivity index (χ2n) is 4.00. The van der Waals surface area contributed by atoms with Crippen molar-refractivity contribution in [3.8, 4) is 5.75 Å². The normalized spacial score (nSPS) is 18.1. The Bertz CT molecular complexity index is 345. The maximum atomic E-state index is 9.63. The number of hydrogen-bond donors (Lipinski definition) is 2. The van der Waals surface area contributed by atoms with E-state index in [0.717, 1.165) is 24.8 Å². The van der Waals surface area contributed by atoms with Gasteiger partial charge in [-0.2, -0.15) is 0 Å². The topological polar surface area (TPSA) is 40.5 Å². The Labute approximate surface area is 88.1 Å². The Morgan fingerprint density at radius 1 is 1.36 bits per heavy atom. The van der Waals surface area contributed by atoms with Crippen LogP contribution >= 0.6 is 11.6 Å². The molecule has 0 atom stereocenters. The van der Waals surface area contributed by atoms with Crippen LogP contribution in [0, 0.1) is 0 Å². The van der Waals surface area contributed by atoms with Gasteiger partial charge in [-0.25, -0.2) is 0 Å². The molecule has 1 aliphatic carbocycles. The summed E-state index contributed by atoms with van der Waals surface area (Å²) in [7, 11) is 0. The van der Waals surface area contributed by atoms with Gasteiger partial charge in [0.2, 0.25) is 0 Å². The molecule has 3 heteroatoms. The van der Waals surface area contributed by atoms with E-state index in [4.69, 9.17) is 11.6 Å². The predicted octanol–water partition coefficient (Wildman–Crippen LogP) is 2.50. The first kappa shape index (κ1) is 9.81. The van der Waals surface area contributed by atoms with Crippen LogP contribution in [0.25, 0.3) is 0 Å². The van der Waals surface area contributed by atoms with E-state index in [0.29, 0.717) is 11.4 Å². The molecule has 76 valence electrons. The molecule has 14 heavy (non-hydrogen) atoms. The lowest BCUT2D eigenvalue weighted by Crippen LogP contribution is -2.07. The second kappa shape index (κ2) is 3.44. The lowest BCUT2D eigenvalue weighted by atomic mass is 10.0. The van der Waals surface area contributed by atoms with Crippen LogP contribution in [0.4, 0.5) is 0 Å². The average molecular weight is 213 g/mol. The minimum absolute atomic E-state index is 0.224. The summed E-state index contributed by atoms with van der Waals surface area (Å²) in [6.45, 7) is 0. The molecule has 0 spiro atoms. The van der Waals surface area contributed by atoms with Crippen molar-refractivity contribution in [3.05, 3.63) is 28.8 Å². The standard InChI is InChI=1S/C11H13ClO2/c12-9-2-1-8(10(13)7-9)3-4-11(14)5-6-11/h1-2,7,13-14H,3-6H2. The summed E-state index contributed by atoms with van der Waals surface area (Å²) >= 11 is 5.71. The third kappa shape index (κ3) is 2.20. The third-order valence-corrected chi connectivity index (χ3v) is 2.97. The fourth-order valence-electron chi connectivity index (χ4n) is 1.51. The molecule has 1 aliphatic rings. The van der Waals surface area contributed by atoms with Crippen molar-refractivity contribution < 1.29 is 10.2 Å². The first-order valence-corrected chi connectivity index (χ1v) is 5.17. The molecule has 0 radical (unpaired) electrons. The number of rotatable bonds is 3. The van der Waals surface area contributed by atoms with E-state index < -0.39 is 5.60 Å². The van der Waals surface area contributed by atoms with Crippen LogP contribution in [0.2, 0.25) is 5.02 Å². The predicted molar refractivity (Wildman–Crippen MR) is 55.6 cm³/mol. The molecule has 1 saturated carbocycles. The lowest BCUT2D eigenvalue weighted by Gasteiger charge is -2.08. The Balaban J connectivity index is 2.02. The zero-order valence-electron chi connectivity index (χ0n) is 7.83. The van der Waals surface area contributed by atoms with Crippen LogP contribution in [0.1, 0.15) is 24.8 Å². The molecule has 0 unspecified atom stereocenters. The van der Waals surface area contributed by atoms with E-state index in [1.54, 1.807) is 6.07 Å². The molecule has 1 aromatic carbocycles. The van der Waals surface area contributed by atoms with Gasteiger partial charge in [-0.1, -0.05) is 17.7 Å². The van der Waals surface area contributed by atoms with E-state index in [1.165, 1.54) is 6.07 Å². The van der Waals surface area contributed by atoms with Gasteiger partial charge in [0.05, 0.1) is 5.60 Å². The summed E-state index contributed by atoms with van der Waals surface area (Å²) in [5.41, 5.74) is 0.404. The quantitative estimate of drug-likeness (QED) is 0.808. The SMILES string of the molecule is Oc1cc(Cl)ccc1CCC1(O)CC1. The minimum Gasteiger partial charge on any atom is -0.508 e. The maximum Gasteiger partial charge on any atom is 0.120 e. The Morgan fingerprint density at radius 3 is 2.64 bits per heavy atom. The van der Waals surface area contributed by atoms with Gasteiger partial charge >= 0.3 is 0 Å². The Morgan fingerprint density at radius 2 is 2.07 bits per heavy atom. The van der Waals surface area contributed by atoms with Crippen LogP contribution in [-0.2, 0) is 6.42 Å². The molecule has 1 aromatic rings. The number of halogens is 1. The molecule has 0 heterocycles. The minimum atomic E-state index is -0.452. The number of hydrogen-bond acceptors (Lipinski definition) is 2. The highest BCUT2D eigenvalue weighted by molar-refractivity contribution is 6.30. The number of aromatic hydroxyl groups is 1. The highest BCUT2D eigenvalue weighted by Gasteiger charge is 2.39. The van der Waals surface area contributed by atoms with Crippen molar-refractivity contribution in [1.82, 2.24) is 0 Å². The summed E-state index contributed by atoms with van der Waals surface area (Å²) in [6.07, 6.45) is 3.21. The van der Waals surface area contributed by atoms with E-state index in [9.17, 15) is 10.2 Å². The molecule has 0 aliphatic heterocycles. The third-order valence-electron chi connectivity index (χ3n) is 2.73. The van der Waals surface area contributed by atoms with Gasteiger partial charge in [0, 0.05) is 5.02 Å². The van der Waals surface area contributed by atoms with Gasteiger partial charge in [0.25, 0.3) is 0 Å². The van der Waals surface area contributed by atoms with E-state index >= 15 is 0 Å². The van der Waals surface area contributed by atoms with Gasteiger partial charge in [-0.05, 0) is 43.4 Å². The fourth-order valence-corrected chi connectivity index (χ4v) is 1.68. The zero-order valence-corrected chi connectivity index (χ0v) is 8.59. The van der Waals surface area contributed by atoms with Gasteiger partial charge in [-0.15, -0.1) is 0 Å². The van der Waals surface area contributed by atoms with Gasteiger partial charge in [-0.3, -0.25) is 0 Å². The van der Waals surface area contributed by atoms with E-state index in [2.05, 4.69) is 0 Å². The van der Waals surface area contributed by atoms with Crippen LogP contribution in [-0.4, -0.2) is 15.8 Å². The maximum absolute atomic E-state index is 9.63. The molecule has 2 N–H and O–H groups in total. The first-order valence-electron chi connectivity index (χ1n) is 4.79. The summed E-state index contributed by atoms with van der Waals surface area (Å²) < 4.78 is 0. The van der Waals surface area contributed by atoms with Gasteiger partial charge < -0.3 is 10.2 Å². The monoisotopic (exact) mass is 212 g/mol. The van der Waals surface area contributed by atoms with Crippen LogP contribution in [0.5, 0.6) is 5.75 Å². The Hall–Kier alpha value is -0.730. The highest BCUT2D eigenvalue weighted by Crippen LogP contribution is 2.39. The number of phenols is 1.